The first-order chi connectivity index (χ1) is 8.25. The first-order valence-corrected chi connectivity index (χ1v) is 5.41. The summed E-state index contributed by atoms with van der Waals surface area (Å²) in [5.41, 5.74) is -0.0968. The number of hydrogen-bond acceptors (Lipinski definition) is 1. The summed E-state index contributed by atoms with van der Waals surface area (Å²) in [7, 11) is 1.44. The highest BCUT2D eigenvalue weighted by atomic mass is 19.4. The maximum absolute atomic E-state index is 12.7. The average Bonchev–Trinajstić information content (AvgIpc) is 2.27. The molecule has 0 aliphatic heterocycles. The van der Waals surface area contributed by atoms with Crippen LogP contribution < -0.4 is 10.6 Å². The second kappa shape index (κ2) is 5.29. The molecule has 0 fully saturated rings. The molecule has 2 N–H and O–H groups in total. The van der Waals surface area contributed by atoms with E-state index in [1.807, 2.05) is 0 Å². The van der Waals surface area contributed by atoms with Gasteiger partial charge in [0.05, 0.1) is 11.6 Å². The van der Waals surface area contributed by atoms with Gasteiger partial charge in [0.15, 0.2) is 0 Å². The van der Waals surface area contributed by atoms with E-state index < -0.39 is 23.8 Å². The van der Waals surface area contributed by atoms with Crippen LogP contribution in [0.4, 0.5) is 18.0 Å². The highest BCUT2D eigenvalue weighted by Crippen LogP contribution is 2.33. The van der Waals surface area contributed by atoms with Gasteiger partial charge in [-0.1, -0.05) is 12.1 Å². The van der Waals surface area contributed by atoms with E-state index >= 15 is 0 Å². The standard InChI is InChI=1S/C12H15F3N2O/c1-7-4-5-9(6-10(7)12(13,14)15)8(2)17-11(18)16-3/h4-6,8H,1-3H3,(H2,16,17,18)/t8-/m1/s1. The number of halogens is 3. The van der Waals surface area contributed by atoms with Crippen LogP contribution in [0.1, 0.15) is 29.7 Å². The number of aryl methyl sites for hydroxylation is 1. The fourth-order valence-corrected chi connectivity index (χ4v) is 1.57. The van der Waals surface area contributed by atoms with E-state index in [-0.39, 0.29) is 5.56 Å². The summed E-state index contributed by atoms with van der Waals surface area (Å²) in [5.74, 6) is 0. The zero-order chi connectivity index (χ0) is 13.9. The molecule has 0 bridgehead atoms. The Balaban J connectivity index is 3.01. The first-order valence-electron chi connectivity index (χ1n) is 5.41. The Kier molecular flexibility index (Phi) is 4.21. The second-order valence-corrected chi connectivity index (χ2v) is 4.02. The zero-order valence-corrected chi connectivity index (χ0v) is 10.4. The van der Waals surface area contributed by atoms with Crippen LogP contribution in [0, 0.1) is 6.92 Å². The summed E-state index contributed by atoms with van der Waals surface area (Å²) in [5, 5.41) is 4.88. The molecule has 0 aliphatic rings. The van der Waals surface area contributed by atoms with Crippen LogP contribution in [0.25, 0.3) is 0 Å². The third-order valence-corrected chi connectivity index (χ3v) is 2.64. The molecule has 0 saturated heterocycles. The zero-order valence-electron chi connectivity index (χ0n) is 10.4. The monoisotopic (exact) mass is 260 g/mol. The molecule has 0 saturated carbocycles. The summed E-state index contributed by atoms with van der Waals surface area (Å²) in [6.07, 6.45) is -4.38. The van der Waals surface area contributed by atoms with E-state index in [2.05, 4.69) is 10.6 Å². The van der Waals surface area contributed by atoms with Crippen molar-refractivity contribution < 1.29 is 18.0 Å². The van der Waals surface area contributed by atoms with Crippen molar-refractivity contribution >= 4 is 6.03 Å². The quantitative estimate of drug-likeness (QED) is 0.843. The van der Waals surface area contributed by atoms with E-state index in [0.29, 0.717) is 5.56 Å². The molecule has 1 atom stereocenters. The Morgan fingerprint density at radius 2 is 1.94 bits per heavy atom. The maximum atomic E-state index is 12.7. The van der Waals surface area contributed by atoms with Gasteiger partial charge in [0.1, 0.15) is 0 Å². The van der Waals surface area contributed by atoms with Crippen molar-refractivity contribution in [3.05, 3.63) is 34.9 Å². The lowest BCUT2D eigenvalue weighted by Gasteiger charge is -2.17. The number of carbonyl (C=O) groups is 1. The smallest absolute Gasteiger partial charge is 0.341 e. The van der Waals surface area contributed by atoms with Crippen LogP contribution >= 0.6 is 0 Å². The summed E-state index contributed by atoms with van der Waals surface area (Å²) in [6.45, 7) is 3.03. The molecular formula is C12H15F3N2O. The second-order valence-electron chi connectivity index (χ2n) is 4.02. The number of urea groups is 1. The lowest BCUT2D eigenvalue weighted by Crippen LogP contribution is -2.34. The molecule has 3 nitrogen and oxygen atoms in total. The number of alkyl halides is 3. The number of carbonyl (C=O) groups excluding carboxylic acids is 1. The Labute approximate surface area is 103 Å². The molecule has 0 aliphatic carbocycles. The van der Waals surface area contributed by atoms with Crippen molar-refractivity contribution in [2.75, 3.05) is 7.05 Å². The van der Waals surface area contributed by atoms with E-state index in [0.717, 1.165) is 6.07 Å². The predicted octanol–water partition coefficient (Wildman–Crippen LogP) is 3.00. The Morgan fingerprint density at radius 3 is 2.44 bits per heavy atom. The highest BCUT2D eigenvalue weighted by Gasteiger charge is 2.32. The van der Waals surface area contributed by atoms with Gasteiger partial charge >= 0.3 is 12.2 Å². The average molecular weight is 260 g/mol. The van der Waals surface area contributed by atoms with Gasteiger partial charge in [-0.05, 0) is 31.0 Å². The van der Waals surface area contributed by atoms with Gasteiger partial charge in [0.25, 0.3) is 0 Å². The maximum Gasteiger partial charge on any atom is 0.416 e. The Hall–Kier alpha value is -1.72. The minimum absolute atomic E-state index is 0.165. The van der Waals surface area contributed by atoms with Crippen LogP contribution in [0.15, 0.2) is 18.2 Å². The third kappa shape index (κ3) is 3.38. The molecule has 0 aromatic heterocycles. The van der Waals surface area contributed by atoms with Crippen molar-refractivity contribution in [2.24, 2.45) is 0 Å². The van der Waals surface area contributed by atoms with Crippen molar-refractivity contribution in [3.8, 4) is 0 Å². The number of nitrogens with one attached hydrogen (secondary N) is 2. The van der Waals surface area contributed by atoms with Crippen molar-refractivity contribution in [1.82, 2.24) is 10.6 Å². The molecule has 100 valence electrons. The highest BCUT2D eigenvalue weighted by molar-refractivity contribution is 5.74. The molecule has 1 rings (SSSR count). The first kappa shape index (κ1) is 14.3. The lowest BCUT2D eigenvalue weighted by atomic mass is 10.0. The molecule has 0 spiro atoms. The molecule has 1 aromatic carbocycles. The summed E-state index contributed by atoms with van der Waals surface area (Å²) >= 11 is 0. The molecule has 2 amide bonds. The number of amides is 2. The molecule has 0 radical (unpaired) electrons. The van der Waals surface area contributed by atoms with Gasteiger partial charge in [0, 0.05) is 7.05 Å². The van der Waals surface area contributed by atoms with Crippen LogP contribution in [0.2, 0.25) is 0 Å². The molecule has 0 unspecified atom stereocenters. The molecule has 6 heteroatoms. The third-order valence-electron chi connectivity index (χ3n) is 2.64. The van der Waals surface area contributed by atoms with E-state index in [4.69, 9.17) is 0 Å². The summed E-state index contributed by atoms with van der Waals surface area (Å²) in [6, 6.07) is 3.12. The molecule has 0 heterocycles. The number of benzene rings is 1. The number of rotatable bonds is 2. The van der Waals surface area contributed by atoms with E-state index in [9.17, 15) is 18.0 Å². The summed E-state index contributed by atoms with van der Waals surface area (Å²) < 4.78 is 38.2. The van der Waals surface area contributed by atoms with E-state index in [1.54, 1.807) is 13.0 Å². The topological polar surface area (TPSA) is 41.1 Å². The van der Waals surface area contributed by atoms with Crippen molar-refractivity contribution in [2.45, 2.75) is 26.1 Å². The van der Waals surface area contributed by atoms with Crippen molar-refractivity contribution in [3.63, 3.8) is 0 Å². The normalized spacial score (nSPS) is 13.0. The minimum Gasteiger partial charge on any atom is -0.341 e. The number of hydrogen-bond donors (Lipinski definition) is 2. The van der Waals surface area contributed by atoms with Crippen LogP contribution in [0.5, 0.6) is 0 Å². The van der Waals surface area contributed by atoms with Gasteiger partial charge in [-0.3, -0.25) is 0 Å². The minimum atomic E-state index is -4.38. The lowest BCUT2D eigenvalue weighted by molar-refractivity contribution is -0.138. The van der Waals surface area contributed by atoms with Gasteiger partial charge < -0.3 is 10.6 Å². The largest absolute Gasteiger partial charge is 0.416 e. The van der Waals surface area contributed by atoms with Crippen LogP contribution in [0.3, 0.4) is 0 Å². The molecular weight excluding hydrogens is 245 g/mol. The van der Waals surface area contributed by atoms with Crippen LogP contribution in [-0.4, -0.2) is 13.1 Å². The fraction of sp³-hybridized carbons (Fsp3) is 0.417. The van der Waals surface area contributed by atoms with Gasteiger partial charge in [0.2, 0.25) is 0 Å². The fourth-order valence-electron chi connectivity index (χ4n) is 1.57. The molecule has 1 aromatic rings. The SMILES string of the molecule is CNC(=O)N[C@H](C)c1ccc(C)c(C(F)(F)F)c1. The van der Waals surface area contributed by atoms with Gasteiger partial charge in [-0.25, -0.2) is 4.79 Å². The Bertz CT molecular complexity index is 443. The van der Waals surface area contributed by atoms with Crippen molar-refractivity contribution in [1.29, 1.82) is 0 Å². The van der Waals surface area contributed by atoms with Gasteiger partial charge in [-0.15, -0.1) is 0 Å². The molecule has 18 heavy (non-hydrogen) atoms. The summed E-state index contributed by atoms with van der Waals surface area (Å²) in [4.78, 5) is 11.1. The van der Waals surface area contributed by atoms with Crippen LogP contribution in [-0.2, 0) is 6.18 Å². The van der Waals surface area contributed by atoms with E-state index in [1.165, 1.54) is 20.0 Å². The predicted molar refractivity (Wildman–Crippen MR) is 62.2 cm³/mol. The Morgan fingerprint density at radius 1 is 1.33 bits per heavy atom. The van der Waals surface area contributed by atoms with Gasteiger partial charge in [-0.2, -0.15) is 13.2 Å².